The number of carbonyl (C=O) groups is 1. The summed E-state index contributed by atoms with van der Waals surface area (Å²) in [7, 11) is 0. The van der Waals surface area contributed by atoms with Crippen LogP contribution in [0.5, 0.6) is 0 Å². The Morgan fingerprint density at radius 3 is 2.57 bits per heavy atom. The molecule has 0 spiro atoms. The normalized spacial score (nSPS) is 39.3. The highest BCUT2D eigenvalue weighted by atomic mass is 35.5. The number of carbonyl (C=O) groups excluding carboxylic acids is 1. The number of nitrogens with one attached hydrogen (secondary N) is 1. The fraction of sp³-hybridized carbons (Fsp3) is 0.632. The summed E-state index contributed by atoms with van der Waals surface area (Å²) >= 11 is 12.9. The Morgan fingerprint density at radius 1 is 1.26 bits per heavy atom. The molecule has 0 radical (unpaired) electrons. The molecule has 0 heterocycles. The number of rotatable bonds is 3. The van der Waals surface area contributed by atoms with E-state index in [9.17, 15) is 4.79 Å². The first kappa shape index (κ1) is 15.8. The van der Waals surface area contributed by atoms with E-state index in [1.807, 2.05) is 31.2 Å². The van der Waals surface area contributed by atoms with Crippen LogP contribution in [0, 0.1) is 17.3 Å². The third-order valence-corrected chi connectivity index (χ3v) is 6.84. The molecule has 1 aromatic carbocycles. The summed E-state index contributed by atoms with van der Waals surface area (Å²) in [6.07, 6.45) is 6.36. The average molecular weight is 352 g/mol. The van der Waals surface area contributed by atoms with E-state index in [4.69, 9.17) is 23.2 Å². The number of hydrogen-bond acceptors (Lipinski definition) is 1. The van der Waals surface area contributed by atoms with Crippen LogP contribution in [0.3, 0.4) is 0 Å². The van der Waals surface area contributed by atoms with Gasteiger partial charge in [-0.3, -0.25) is 4.79 Å². The molecule has 4 aliphatic carbocycles. The van der Waals surface area contributed by atoms with E-state index >= 15 is 0 Å². The van der Waals surface area contributed by atoms with E-state index in [0.29, 0.717) is 16.9 Å². The van der Waals surface area contributed by atoms with Gasteiger partial charge in [-0.15, -0.1) is 11.6 Å². The zero-order valence-corrected chi connectivity index (χ0v) is 15.0. The first-order chi connectivity index (χ1) is 10.9. The summed E-state index contributed by atoms with van der Waals surface area (Å²) in [6.45, 7) is 2.03. The van der Waals surface area contributed by atoms with Crippen LogP contribution in [0.2, 0.25) is 5.02 Å². The van der Waals surface area contributed by atoms with Gasteiger partial charge in [-0.1, -0.05) is 23.7 Å². The summed E-state index contributed by atoms with van der Waals surface area (Å²) in [5.74, 6) is 1.48. The largest absolute Gasteiger partial charge is 0.349 e. The summed E-state index contributed by atoms with van der Waals surface area (Å²) in [6, 6.07) is 7.70. The third-order valence-electron chi connectivity index (χ3n) is 6.17. The van der Waals surface area contributed by atoms with E-state index in [2.05, 4.69) is 5.32 Å². The van der Waals surface area contributed by atoms with Crippen molar-refractivity contribution >= 4 is 29.1 Å². The van der Waals surface area contributed by atoms with Crippen molar-refractivity contribution in [2.24, 2.45) is 17.3 Å². The fourth-order valence-corrected chi connectivity index (χ4v) is 6.52. The lowest BCUT2D eigenvalue weighted by atomic mass is 9.49. The minimum absolute atomic E-state index is 0.0273. The molecular formula is C19H23Cl2NO. The highest BCUT2D eigenvalue weighted by molar-refractivity contribution is 6.30. The van der Waals surface area contributed by atoms with Crippen molar-refractivity contribution in [1.82, 2.24) is 5.32 Å². The van der Waals surface area contributed by atoms with Crippen LogP contribution in [-0.4, -0.2) is 10.8 Å². The predicted molar refractivity (Wildman–Crippen MR) is 93.7 cm³/mol. The molecular weight excluding hydrogens is 329 g/mol. The standard InChI is InChI=1S/C19H23Cl2NO/c1-12(15-3-2-4-16(20)6-15)22-17(23)18-7-13-5-14(8-18)10-19(21,9-13)11-18/h2-4,6,12-14H,5,7-11H2,1H3,(H,22,23)/t12-,13+,14+,18?,19?/m0/s1. The van der Waals surface area contributed by atoms with Crippen LogP contribution in [0.4, 0.5) is 0 Å². The molecule has 4 fully saturated rings. The lowest BCUT2D eigenvalue weighted by Gasteiger charge is -2.59. The highest BCUT2D eigenvalue weighted by Gasteiger charge is 2.60. The topological polar surface area (TPSA) is 29.1 Å². The van der Waals surface area contributed by atoms with E-state index < -0.39 is 0 Å². The van der Waals surface area contributed by atoms with Crippen LogP contribution in [-0.2, 0) is 4.79 Å². The van der Waals surface area contributed by atoms with Crippen molar-refractivity contribution in [3.8, 4) is 0 Å². The zero-order valence-electron chi connectivity index (χ0n) is 13.4. The lowest BCUT2D eigenvalue weighted by Crippen LogP contribution is -2.58. The molecule has 124 valence electrons. The van der Waals surface area contributed by atoms with Gasteiger partial charge in [-0.25, -0.2) is 0 Å². The van der Waals surface area contributed by atoms with Gasteiger partial charge in [0.2, 0.25) is 5.91 Å². The van der Waals surface area contributed by atoms with Gasteiger partial charge >= 0.3 is 0 Å². The van der Waals surface area contributed by atoms with Crippen LogP contribution in [0.1, 0.15) is 57.1 Å². The number of halogens is 2. The lowest BCUT2D eigenvalue weighted by molar-refractivity contribution is -0.145. The minimum Gasteiger partial charge on any atom is -0.349 e. The van der Waals surface area contributed by atoms with Gasteiger partial charge in [-0.05, 0) is 75.0 Å². The van der Waals surface area contributed by atoms with Crippen molar-refractivity contribution in [3.05, 3.63) is 34.9 Å². The molecule has 1 aromatic rings. The molecule has 3 atom stereocenters. The van der Waals surface area contributed by atoms with Gasteiger partial charge in [0.15, 0.2) is 0 Å². The Kier molecular flexibility index (Phi) is 3.70. The monoisotopic (exact) mass is 351 g/mol. The molecule has 4 bridgehead atoms. The van der Waals surface area contributed by atoms with E-state index in [1.165, 1.54) is 6.42 Å². The summed E-state index contributed by atoms with van der Waals surface area (Å²) < 4.78 is 0. The molecule has 2 nitrogen and oxygen atoms in total. The van der Waals surface area contributed by atoms with Crippen molar-refractivity contribution < 1.29 is 4.79 Å². The third kappa shape index (κ3) is 2.78. The average Bonchev–Trinajstić information content (AvgIpc) is 2.44. The maximum Gasteiger partial charge on any atom is 0.226 e. The van der Waals surface area contributed by atoms with Gasteiger partial charge in [0.25, 0.3) is 0 Å². The molecule has 4 heteroatoms. The molecule has 4 saturated carbocycles. The maximum atomic E-state index is 13.1. The highest BCUT2D eigenvalue weighted by Crippen LogP contribution is 2.63. The van der Waals surface area contributed by atoms with E-state index in [1.54, 1.807) is 0 Å². The molecule has 0 aliphatic heterocycles. The van der Waals surface area contributed by atoms with Crippen molar-refractivity contribution in [2.45, 2.75) is 56.4 Å². The first-order valence-electron chi connectivity index (χ1n) is 8.63. The Bertz CT molecular complexity index is 630. The zero-order chi connectivity index (χ0) is 16.2. The second kappa shape index (κ2) is 5.39. The maximum absolute atomic E-state index is 13.1. The van der Waals surface area contributed by atoms with Gasteiger partial charge in [0.1, 0.15) is 0 Å². The molecule has 0 unspecified atom stereocenters. The quantitative estimate of drug-likeness (QED) is 0.754. The van der Waals surface area contributed by atoms with Crippen molar-refractivity contribution in [1.29, 1.82) is 0 Å². The number of benzene rings is 1. The van der Waals surface area contributed by atoms with Crippen molar-refractivity contribution in [3.63, 3.8) is 0 Å². The second-order valence-electron chi connectivity index (χ2n) is 8.14. The second-order valence-corrected chi connectivity index (χ2v) is 9.38. The van der Waals surface area contributed by atoms with Gasteiger partial charge < -0.3 is 5.32 Å². The molecule has 23 heavy (non-hydrogen) atoms. The van der Waals surface area contributed by atoms with Crippen molar-refractivity contribution in [2.75, 3.05) is 0 Å². The van der Waals surface area contributed by atoms with Crippen LogP contribution < -0.4 is 5.32 Å². The molecule has 4 aliphatic rings. The number of amides is 1. The molecule has 0 aromatic heterocycles. The molecule has 1 N–H and O–H groups in total. The summed E-state index contributed by atoms with van der Waals surface area (Å²) in [4.78, 5) is 13.0. The molecule has 0 saturated heterocycles. The van der Waals surface area contributed by atoms with E-state index in [0.717, 1.165) is 37.7 Å². The molecule has 1 amide bonds. The SMILES string of the molecule is C[C@H](NC(=O)C12C[C@H]3C[C@@H](CC(Cl)(C3)C1)C2)c1cccc(Cl)c1. The van der Waals surface area contributed by atoms with Gasteiger partial charge in [0, 0.05) is 9.90 Å². The molecule has 5 rings (SSSR count). The predicted octanol–water partition coefficient (Wildman–Crippen LogP) is 5.10. The Hall–Kier alpha value is -0.730. The van der Waals surface area contributed by atoms with E-state index in [-0.39, 0.29) is 22.2 Å². The van der Waals surface area contributed by atoms with Gasteiger partial charge in [0.05, 0.1) is 11.5 Å². The van der Waals surface area contributed by atoms with Gasteiger partial charge in [-0.2, -0.15) is 0 Å². The Labute approximate surface area is 147 Å². The summed E-state index contributed by atoms with van der Waals surface area (Å²) in [5.41, 5.74) is 0.815. The Morgan fingerprint density at radius 2 is 1.96 bits per heavy atom. The fourth-order valence-electron chi connectivity index (χ4n) is 5.63. The first-order valence-corrected chi connectivity index (χ1v) is 9.38. The summed E-state index contributed by atoms with van der Waals surface area (Å²) in [5, 5.41) is 3.95. The number of alkyl halides is 1. The van der Waals surface area contributed by atoms with Crippen LogP contribution in [0.25, 0.3) is 0 Å². The Balaban J connectivity index is 1.53. The minimum atomic E-state index is -0.237. The van der Waals surface area contributed by atoms with Crippen LogP contribution >= 0.6 is 23.2 Å². The van der Waals surface area contributed by atoms with Crippen LogP contribution in [0.15, 0.2) is 24.3 Å². The smallest absolute Gasteiger partial charge is 0.226 e. The number of hydrogen-bond donors (Lipinski definition) is 1.